The van der Waals surface area contributed by atoms with E-state index in [1.807, 2.05) is 12.2 Å². The number of carbonyl (C=O) groups is 1. The summed E-state index contributed by atoms with van der Waals surface area (Å²) in [6, 6.07) is 0. The van der Waals surface area contributed by atoms with Crippen molar-refractivity contribution in [3.05, 3.63) is 12.2 Å². The van der Waals surface area contributed by atoms with E-state index in [-0.39, 0.29) is 5.12 Å². The number of rotatable bonds is 4. The predicted molar refractivity (Wildman–Crippen MR) is 41.3 cm³/mol. The van der Waals surface area contributed by atoms with E-state index in [1.54, 1.807) is 0 Å². The first kappa shape index (κ1) is 8.63. The third-order valence-corrected chi connectivity index (χ3v) is 1.12. The van der Waals surface area contributed by atoms with Gasteiger partial charge in [-0.2, -0.15) is 0 Å². The van der Waals surface area contributed by atoms with Crippen LogP contribution in [0.25, 0.3) is 0 Å². The molecule has 0 saturated carbocycles. The number of hydrogen-bond donors (Lipinski definition) is 0. The quantitative estimate of drug-likeness (QED) is 0.552. The van der Waals surface area contributed by atoms with Gasteiger partial charge < -0.3 is 0 Å². The van der Waals surface area contributed by atoms with E-state index in [0.29, 0.717) is 6.42 Å². The topological polar surface area (TPSA) is 17.1 Å². The van der Waals surface area contributed by atoms with Crippen molar-refractivity contribution >= 4 is 17.7 Å². The van der Waals surface area contributed by atoms with Crippen LogP contribution in [0, 0.1) is 0 Å². The van der Waals surface area contributed by atoms with Gasteiger partial charge in [-0.1, -0.05) is 19.1 Å². The Bertz CT molecular complexity index is 107. The Morgan fingerprint density at radius 1 is 1.56 bits per heavy atom. The molecule has 0 rings (SSSR count). The molecule has 0 N–H and O–H groups in total. The van der Waals surface area contributed by atoms with Crippen molar-refractivity contribution in [1.29, 1.82) is 0 Å². The molecular weight excluding hydrogens is 132 g/mol. The van der Waals surface area contributed by atoms with E-state index in [2.05, 4.69) is 19.6 Å². The van der Waals surface area contributed by atoms with Gasteiger partial charge in [0.1, 0.15) is 0 Å². The lowest BCUT2D eigenvalue weighted by atomic mass is 10.3. The van der Waals surface area contributed by atoms with Crippen LogP contribution >= 0.6 is 12.6 Å². The highest BCUT2D eigenvalue weighted by molar-refractivity contribution is 7.96. The monoisotopic (exact) mass is 143 g/mol. The Morgan fingerprint density at radius 3 is 2.67 bits per heavy atom. The Morgan fingerprint density at radius 2 is 2.22 bits per heavy atom. The molecule has 0 heterocycles. The molecule has 51 valence electrons. The smallest absolute Gasteiger partial charge is 0.219 e. The minimum absolute atomic E-state index is 0.143. The van der Waals surface area contributed by atoms with Crippen molar-refractivity contribution in [3.63, 3.8) is 0 Å². The van der Waals surface area contributed by atoms with Crippen molar-refractivity contribution in [2.75, 3.05) is 0 Å². The summed E-state index contributed by atoms with van der Waals surface area (Å²) in [5.41, 5.74) is 0. The fourth-order valence-corrected chi connectivity index (χ4v) is 0.604. The zero-order valence-corrected chi connectivity index (χ0v) is 6.41. The van der Waals surface area contributed by atoms with Crippen LogP contribution in [-0.2, 0) is 4.79 Å². The van der Waals surface area contributed by atoms with Crippen LogP contribution in [-0.4, -0.2) is 5.12 Å². The molecule has 1 nitrogen and oxygen atoms in total. The van der Waals surface area contributed by atoms with E-state index in [4.69, 9.17) is 0 Å². The Hall–Kier alpha value is -0.370. The summed E-state index contributed by atoms with van der Waals surface area (Å²) in [6.07, 6.45) is 6.37. The molecule has 0 aromatic rings. The lowest BCUT2D eigenvalue weighted by Gasteiger charge is -1.84. The van der Waals surface area contributed by atoms with Crippen molar-refractivity contribution in [2.24, 2.45) is 0 Å². The third kappa shape index (κ3) is 7.63. The van der Waals surface area contributed by atoms with E-state index in [0.717, 1.165) is 12.8 Å². The first-order valence-corrected chi connectivity index (χ1v) is 3.53. The van der Waals surface area contributed by atoms with Crippen LogP contribution in [0.3, 0.4) is 0 Å². The van der Waals surface area contributed by atoms with Crippen molar-refractivity contribution < 1.29 is 4.79 Å². The van der Waals surface area contributed by atoms with Crippen LogP contribution < -0.4 is 0 Å². The molecule has 0 aromatic heterocycles. The molecule has 2 heteroatoms. The van der Waals surface area contributed by atoms with Crippen molar-refractivity contribution in [2.45, 2.75) is 26.2 Å². The summed E-state index contributed by atoms with van der Waals surface area (Å²) in [6.45, 7) is 2.06. The standard InChI is InChI=1S/C7H11OS/c1-2-3-4-5-6-7(8)9/h3-4H,2,5-6H2,1H3/b4-3+. The zero-order chi connectivity index (χ0) is 7.11. The van der Waals surface area contributed by atoms with Crippen LogP contribution in [0.15, 0.2) is 12.2 Å². The lowest BCUT2D eigenvalue weighted by molar-refractivity contribution is -0.110. The summed E-state index contributed by atoms with van der Waals surface area (Å²) < 4.78 is 0. The van der Waals surface area contributed by atoms with Gasteiger partial charge in [0, 0.05) is 6.42 Å². The second-order valence-electron chi connectivity index (χ2n) is 1.79. The van der Waals surface area contributed by atoms with Gasteiger partial charge in [-0.05, 0) is 25.5 Å². The maximum Gasteiger partial charge on any atom is 0.219 e. The SMILES string of the molecule is CC/C=C/CCC(=O)[S]. The Kier molecular flexibility index (Phi) is 5.52. The van der Waals surface area contributed by atoms with Crippen molar-refractivity contribution in [1.82, 2.24) is 0 Å². The first-order chi connectivity index (χ1) is 4.27. The van der Waals surface area contributed by atoms with E-state index in [9.17, 15) is 4.79 Å². The van der Waals surface area contributed by atoms with Crippen molar-refractivity contribution in [3.8, 4) is 0 Å². The maximum absolute atomic E-state index is 10.2. The van der Waals surface area contributed by atoms with Gasteiger partial charge >= 0.3 is 0 Å². The highest BCUT2D eigenvalue weighted by atomic mass is 32.1. The second kappa shape index (κ2) is 5.76. The number of carbonyl (C=O) groups excluding carboxylic acids is 1. The summed E-state index contributed by atoms with van der Waals surface area (Å²) in [7, 11) is 0. The second-order valence-corrected chi connectivity index (χ2v) is 2.25. The van der Waals surface area contributed by atoms with Gasteiger partial charge in [-0.3, -0.25) is 4.79 Å². The minimum Gasteiger partial charge on any atom is -0.282 e. The highest BCUT2D eigenvalue weighted by Gasteiger charge is 1.89. The molecule has 0 aliphatic carbocycles. The average Bonchev–Trinajstić information content (AvgIpc) is 1.80. The van der Waals surface area contributed by atoms with Gasteiger partial charge in [0.05, 0.1) is 0 Å². The van der Waals surface area contributed by atoms with E-state index >= 15 is 0 Å². The summed E-state index contributed by atoms with van der Waals surface area (Å²) in [4.78, 5) is 10.2. The lowest BCUT2D eigenvalue weighted by Crippen LogP contribution is -1.81. The average molecular weight is 143 g/mol. The molecule has 0 spiro atoms. The van der Waals surface area contributed by atoms with Crippen LogP contribution in [0.4, 0.5) is 0 Å². The Labute approximate surface area is 61.6 Å². The molecule has 0 unspecified atom stereocenters. The summed E-state index contributed by atoms with van der Waals surface area (Å²) in [5.74, 6) is 0. The number of allylic oxidation sites excluding steroid dienone is 2. The predicted octanol–water partition coefficient (Wildman–Crippen LogP) is 2.46. The van der Waals surface area contributed by atoms with Gasteiger partial charge in [0.15, 0.2) is 0 Å². The third-order valence-electron chi connectivity index (χ3n) is 0.917. The Balaban J connectivity index is 3.09. The van der Waals surface area contributed by atoms with Gasteiger partial charge in [-0.15, -0.1) is 0 Å². The molecule has 0 aromatic carbocycles. The zero-order valence-electron chi connectivity index (χ0n) is 5.59. The largest absolute Gasteiger partial charge is 0.282 e. The number of hydrogen-bond acceptors (Lipinski definition) is 1. The molecular formula is C7H11OS. The first-order valence-electron chi connectivity index (χ1n) is 3.12. The fraction of sp³-hybridized carbons (Fsp3) is 0.571. The summed E-state index contributed by atoms with van der Waals surface area (Å²) in [5, 5.41) is -0.143. The molecule has 1 radical (unpaired) electrons. The molecule has 0 amide bonds. The van der Waals surface area contributed by atoms with E-state index in [1.165, 1.54) is 0 Å². The summed E-state index contributed by atoms with van der Waals surface area (Å²) >= 11 is 4.36. The molecule has 0 aliphatic rings. The normalized spacial score (nSPS) is 10.3. The molecule has 0 atom stereocenters. The molecule has 0 bridgehead atoms. The van der Waals surface area contributed by atoms with Gasteiger partial charge in [0.2, 0.25) is 5.12 Å². The molecule has 0 fully saturated rings. The fourth-order valence-electron chi connectivity index (χ4n) is 0.486. The van der Waals surface area contributed by atoms with Gasteiger partial charge in [0.25, 0.3) is 0 Å². The maximum atomic E-state index is 10.2. The minimum atomic E-state index is -0.143. The van der Waals surface area contributed by atoms with Crippen LogP contribution in [0.2, 0.25) is 0 Å². The molecule has 9 heavy (non-hydrogen) atoms. The van der Waals surface area contributed by atoms with Crippen LogP contribution in [0.5, 0.6) is 0 Å². The van der Waals surface area contributed by atoms with Crippen LogP contribution in [0.1, 0.15) is 26.2 Å². The molecule has 0 aliphatic heterocycles. The molecule has 0 saturated heterocycles. The van der Waals surface area contributed by atoms with Gasteiger partial charge in [-0.25, -0.2) is 0 Å². The highest BCUT2D eigenvalue weighted by Crippen LogP contribution is 1.95. The van der Waals surface area contributed by atoms with E-state index < -0.39 is 0 Å².